The van der Waals surface area contributed by atoms with Gasteiger partial charge in [0, 0.05) is 29.5 Å². The van der Waals surface area contributed by atoms with Crippen LogP contribution in [0.1, 0.15) is 36.7 Å². The van der Waals surface area contributed by atoms with Crippen LogP contribution in [0.4, 0.5) is 0 Å². The molecule has 32 heavy (non-hydrogen) atoms. The van der Waals surface area contributed by atoms with Crippen LogP contribution >= 0.6 is 11.3 Å². The van der Waals surface area contributed by atoms with Crippen LogP contribution in [-0.4, -0.2) is 28.8 Å². The fourth-order valence-corrected chi connectivity index (χ4v) is 4.16. The Morgan fingerprint density at radius 1 is 1.09 bits per heavy atom. The third kappa shape index (κ3) is 4.73. The van der Waals surface area contributed by atoms with Crippen LogP contribution in [-0.2, 0) is 11.3 Å². The summed E-state index contributed by atoms with van der Waals surface area (Å²) in [6.45, 7) is 2.29. The first kappa shape index (κ1) is 21.4. The fourth-order valence-electron chi connectivity index (χ4n) is 3.11. The number of ketones is 1. The monoisotopic (exact) mass is 444 g/mol. The Morgan fingerprint density at radius 2 is 1.84 bits per heavy atom. The molecule has 160 valence electrons. The number of aryl methyl sites for hydroxylation is 1. The molecule has 0 fully saturated rings. The summed E-state index contributed by atoms with van der Waals surface area (Å²) in [5.74, 6) is 0.184. The van der Waals surface area contributed by atoms with E-state index in [1.54, 1.807) is 24.5 Å². The van der Waals surface area contributed by atoms with Crippen molar-refractivity contribution in [2.75, 3.05) is 7.11 Å². The number of fused-ring (bicyclic) bond motifs is 1. The van der Waals surface area contributed by atoms with Gasteiger partial charge in [-0.3, -0.25) is 9.78 Å². The first-order valence-corrected chi connectivity index (χ1v) is 10.7. The van der Waals surface area contributed by atoms with Gasteiger partial charge in [-0.15, -0.1) is 11.3 Å². The number of hydrogen-bond acceptors (Lipinski definition) is 7. The summed E-state index contributed by atoms with van der Waals surface area (Å²) in [7, 11) is 1.35. The van der Waals surface area contributed by atoms with E-state index in [0.717, 1.165) is 27.8 Å². The summed E-state index contributed by atoms with van der Waals surface area (Å²) in [5, 5.41) is 0.783. The second-order valence-electron chi connectivity index (χ2n) is 7.04. The molecular weight excluding hydrogens is 424 g/mol. The van der Waals surface area contributed by atoms with E-state index in [1.165, 1.54) is 30.7 Å². The normalized spacial score (nSPS) is 11.1. The molecule has 4 rings (SSSR count). The van der Waals surface area contributed by atoms with E-state index in [1.807, 2.05) is 43.3 Å². The Morgan fingerprint density at radius 3 is 2.56 bits per heavy atom. The van der Waals surface area contributed by atoms with Crippen molar-refractivity contribution in [3.63, 3.8) is 0 Å². The van der Waals surface area contributed by atoms with Gasteiger partial charge in [0.15, 0.2) is 5.78 Å². The third-order valence-corrected chi connectivity index (χ3v) is 6.11. The summed E-state index contributed by atoms with van der Waals surface area (Å²) in [5.41, 5.74) is 3.15. The number of ether oxygens (including phenoxy) is 2. The lowest BCUT2D eigenvalue weighted by molar-refractivity contribution is 0.0605. The van der Waals surface area contributed by atoms with Crippen LogP contribution in [0.2, 0.25) is 0 Å². The number of rotatable bonds is 7. The van der Waals surface area contributed by atoms with E-state index in [9.17, 15) is 9.59 Å². The van der Waals surface area contributed by atoms with Gasteiger partial charge >= 0.3 is 5.97 Å². The van der Waals surface area contributed by atoms with E-state index in [4.69, 9.17) is 9.47 Å². The topological polar surface area (TPSA) is 78.4 Å². The molecular formula is C25H20N2O4S. The number of esters is 1. The van der Waals surface area contributed by atoms with Crippen molar-refractivity contribution >= 4 is 39.4 Å². The molecule has 7 heteroatoms. The molecule has 1 aromatic carbocycles. The molecule has 0 unspecified atom stereocenters. The highest BCUT2D eigenvalue weighted by Gasteiger charge is 2.17. The number of carbonyl (C=O) groups excluding carboxylic acids is 2. The number of allylic oxidation sites excluding steroid dienone is 1. The highest BCUT2D eigenvalue weighted by atomic mass is 32.1. The maximum atomic E-state index is 12.7. The average molecular weight is 445 g/mol. The Bertz CT molecular complexity index is 1300. The smallest absolute Gasteiger partial charge is 0.348 e. The van der Waals surface area contributed by atoms with Crippen molar-refractivity contribution in [2.24, 2.45) is 0 Å². The molecule has 0 saturated carbocycles. The maximum absolute atomic E-state index is 12.7. The van der Waals surface area contributed by atoms with Gasteiger partial charge in [0.1, 0.15) is 22.1 Å². The number of methoxy groups -OCH3 is 1. The minimum absolute atomic E-state index is 0.164. The highest BCUT2D eigenvalue weighted by molar-refractivity contribution is 7.20. The number of carbonyl (C=O) groups is 2. The summed E-state index contributed by atoms with van der Waals surface area (Å²) >= 11 is 1.26. The lowest BCUT2D eigenvalue weighted by Crippen LogP contribution is -1.99. The van der Waals surface area contributed by atoms with Gasteiger partial charge in [-0.25, -0.2) is 9.78 Å². The molecule has 3 heterocycles. The Balaban J connectivity index is 1.44. The zero-order valence-electron chi connectivity index (χ0n) is 17.6. The fraction of sp³-hybridized carbons (Fsp3) is 0.120. The second kappa shape index (κ2) is 9.53. The molecule has 0 aliphatic heterocycles. The quantitative estimate of drug-likeness (QED) is 0.220. The zero-order chi connectivity index (χ0) is 22.5. The number of thiophene rings is 1. The predicted octanol–water partition coefficient (Wildman–Crippen LogP) is 5.26. The zero-order valence-corrected chi connectivity index (χ0v) is 18.4. The summed E-state index contributed by atoms with van der Waals surface area (Å²) < 4.78 is 10.6. The standard InChI is InChI=1S/C25H20N2O4S/c1-16-21-13-19(14-27-24(21)32-23(16)25(29)30-2)22(28)8-5-17-3-6-20(7-4-17)31-15-18-9-11-26-12-10-18/h3-14H,15H2,1-2H3/b8-5+. The molecule has 0 atom stereocenters. The first-order chi connectivity index (χ1) is 15.5. The van der Waals surface area contributed by atoms with Crippen LogP contribution in [0.15, 0.2) is 67.1 Å². The van der Waals surface area contributed by atoms with E-state index in [0.29, 0.717) is 21.9 Å². The van der Waals surface area contributed by atoms with Gasteiger partial charge in [-0.05, 0) is 60.0 Å². The van der Waals surface area contributed by atoms with Gasteiger partial charge < -0.3 is 9.47 Å². The molecule has 0 saturated heterocycles. The Kier molecular flexibility index (Phi) is 6.37. The first-order valence-electron chi connectivity index (χ1n) is 9.87. The Hall–Kier alpha value is -3.84. The summed E-state index contributed by atoms with van der Waals surface area (Å²) in [4.78, 5) is 34.1. The van der Waals surface area contributed by atoms with Crippen molar-refractivity contribution in [1.29, 1.82) is 0 Å². The lowest BCUT2D eigenvalue weighted by atomic mass is 10.1. The highest BCUT2D eigenvalue weighted by Crippen LogP contribution is 2.30. The number of aromatic nitrogens is 2. The van der Waals surface area contributed by atoms with E-state index >= 15 is 0 Å². The van der Waals surface area contributed by atoms with Crippen molar-refractivity contribution in [1.82, 2.24) is 9.97 Å². The maximum Gasteiger partial charge on any atom is 0.348 e. The van der Waals surface area contributed by atoms with Gasteiger partial charge in [0.05, 0.1) is 7.11 Å². The molecule has 0 spiro atoms. The average Bonchev–Trinajstić information content (AvgIpc) is 3.17. The van der Waals surface area contributed by atoms with Gasteiger partial charge in [-0.1, -0.05) is 18.2 Å². The molecule has 0 bridgehead atoms. The number of nitrogens with zero attached hydrogens (tertiary/aromatic N) is 2. The molecule has 3 aromatic heterocycles. The molecule has 0 radical (unpaired) electrons. The molecule has 0 amide bonds. The number of pyridine rings is 2. The molecule has 6 nitrogen and oxygen atoms in total. The number of hydrogen-bond donors (Lipinski definition) is 0. The van der Waals surface area contributed by atoms with Crippen molar-refractivity contribution in [3.05, 3.63) is 94.3 Å². The summed E-state index contributed by atoms with van der Waals surface area (Å²) in [6, 6.07) is 13.1. The molecule has 0 aliphatic rings. The van der Waals surface area contributed by atoms with Crippen molar-refractivity contribution in [2.45, 2.75) is 13.5 Å². The van der Waals surface area contributed by atoms with Crippen LogP contribution in [0, 0.1) is 6.92 Å². The van der Waals surface area contributed by atoms with Crippen LogP contribution in [0.3, 0.4) is 0 Å². The number of benzene rings is 1. The van der Waals surface area contributed by atoms with Crippen molar-refractivity contribution < 1.29 is 19.1 Å². The largest absolute Gasteiger partial charge is 0.489 e. The van der Waals surface area contributed by atoms with Gasteiger partial charge in [0.25, 0.3) is 0 Å². The van der Waals surface area contributed by atoms with E-state index in [-0.39, 0.29) is 5.78 Å². The van der Waals surface area contributed by atoms with E-state index in [2.05, 4.69) is 9.97 Å². The van der Waals surface area contributed by atoms with Crippen molar-refractivity contribution in [3.8, 4) is 5.75 Å². The third-order valence-electron chi connectivity index (χ3n) is 4.91. The molecule has 4 aromatic rings. The van der Waals surface area contributed by atoms with Gasteiger partial charge in [-0.2, -0.15) is 0 Å². The van der Waals surface area contributed by atoms with E-state index < -0.39 is 5.97 Å². The van der Waals surface area contributed by atoms with Crippen LogP contribution in [0.25, 0.3) is 16.3 Å². The van der Waals surface area contributed by atoms with Crippen LogP contribution in [0.5, 0.6) is 5.75 Å². The minimum Gasteiger partial charge on any atom is -0.489 e. The SMILES string of the molecule is COC(=O)c1sc2ncc(C(=O)/C=C/c3ccc(OCc4ccncc4)cc3)cc2c1C. The lowest BCUT2D eigenvalue weighted by Gasteiger charge is -2.06. The van der Waals surface area contributed by atoms with Gasteiger partial charge in [0.2, 0.25) is 0 Å². The second-order valence-corrected chi connectivity index (χ2v) is 8.03. The minimum atomic E-state index is -0.397. The molecule has 0 aliphatic carbocycles. The predicted molar refractivity (Wildman–Crippen MR) is 124 cm³/mol. The van der Waals surface area contributed by atoms with Crippen LogP contribution < -0.4 is 4.74 Å². The Labute approximate surface area is 189 Å². The molecule has 0 N–H and O–H groups in total. The summed E-state index contributed by atoms with van der Waals surface area (Å²) in [6.07, 6.45) is 8.25.